The van der Waals surface area contributed by atoms with Crippen LogP contribution in [0, 0.1) is 5.41 Å². The largest absolute Gasteiger partial charge is 0.464 e. The van der Waals surface area contributed by atoms with E-state index in [2.05, 4.69) is 31.0 Å². The van der Waals surface area contributed by atoms with Crippen LogP contribution < -0.4 is 0 Å². The summed E-state index contributed by atoms with van der Waals surface area (Å²) in [6.07, 6.45) is 3.23. The maximum atomic E-state index is 12.1. The molecule has 1 aliphatic rings. The first-order chi connectivity index (χ1) is 11.0. The number of methoxy groups -OCH3 is 1. The maximum absolute atomic E-state index is 12.1. The zero-order valence-corrected chi connectivity index (χ0v) is 13.9. The summed E-state index contributed by atoms with van der Waals surface area (Å²) in [4.78, 5) is 16.2. The molecule has 2 aromatic rings. The first kappa shape index (κ1) is 15.7. The third kappa shape index (κ3) is 2.36. The lowest BCUT2D eigenvalue weighted by atomic mass is 9.83. The normalized spacial score (nSPS) is 21.9. The molecule has 122 valence electrons. The van der Waals surface area contributed by atoms with Gasteiger partial charge in [-0.15, -0.1) is 0 Å². The van der Waals surface area contributed by atoms with Gasteiger partial charge in [-0.05, 0) is 18.1 Å². The van der Waals surface area contributed by atoms with Crippen molar-refractivity contribution in [2.75, 3.05) is 13.7 Å². The second kappa shape index (κ2) is 5.81. The molecular weight excluding hydrogens is 292 g/mol. The van der Waals surface area contributed by atoms with Gasteiger partial charge in [-0.1, -0.05) is 38.1 Å². The van der Waals surface area contributed by atoms with Crippen LogP contribution in [0.1, 0.15) is 54.5 Å². The number of hydrogen-bond donors (Lipinski definition) is 0. The number of hydrogen-bond acceptors (Lipinski definition) is 4. The molecule has 0 spiro atoms. The van der Waals surface area contributed by atoms with Gasteiger partial charge in [-0.2, -0.15) is 0 Å². The molecule has 5 nitrogen and oxygen atoms in total. The molecule has 1 heterocycles. The van der Waals surface area contributed by atoms with Gasteiger partial charge in [-0.3, -0.25) is 0 Å². The number of nitrogens with zero attached hydrogens (tertiary/aromatic N) is 2. The van der Waals surface area contributed by atoms with Gasteiger partial charge < -0.3 is 14.0 Å². The number of benzene rings is 1. The van der Waals surface area contributed by atoms with Crippen LogP contribution >= 0.6 is 0 Å². The Morgan fingerprint density at radius 2 is 2.00 bits per heavy atom. The molecule has 1 aromatic heterocycles. The topological polar surface area (TPSA) is 53.4 Å². The first-order valence-corrected chi connectivity index (χ1v) is 7.83. The summed E-state index contributed by atoms with van der Waals surface area (Å²) in [5.41, 5.74) is 2.58. The van der Waals surface area contributed by atoms with Crippen LogP contribution in [0.3, 0.4) is 0 Å². The highest BCUT2D eigenvalue weighted by atomic mass is 16.5. The van der Waals surface area contributed by atoms with E-state index in [4.69, 9.17) is 9.47 Å². The fraction of sp³-hybridized carbons (Fsp3) is 0.444. The molecule has 0 saturated carbocycles. The van der Waals surface area contributed by atoms with Crippen LogP contribution in [-0.4, -0.2) is 29.2 Å². The molecule has 0 aliphatic heterocycles. The van der Waals surface area contributed by atoms with Gasteiger partial charge in [-0.25, -0.2) is 9.78 Å². The molecule has 1 aromatic carbocycles. The summed E-state index contributed by atoms with van der Waals surface area (Å²) in [6, 6.07) is 8.21. The maximum Gasteiger partial charge on any atom is 0.356 e. The smallest absolute Gasteiger partial charge is 0.356 e. The molecule has 1 aliphatic carbocycles. The minimum atomic E-state index is -0.379. The van der Waals surface area contributed by atoms with Crippen molar-refractivity contribution in [1.29, 1.82) is 0 Å². The van der Waals surface area contributed by atoms with E-state index in [1.54, 1.807) is 12.5 Å². The number of carbonyl (C=O) groups excluding carboxylic acids is 1. The number of imidazole rings is 1. The van der Waals surface area contributed by atoms with Gasteiger partial charge >= 0.3 is 5.97 Å². The Morgan fingerprint density at radius 3 is 2.65 bits per heavy atom. The Morgan fingerprint density at radius 1 is 1.30 bits per heavy atom. The second-order valence-electron chi connectivity index (χ2n) is 6.37. The van der Waals surface area contributed by atoms with Gasteiger partial charge in [0, 0.05) is 12.0 Å². The standard InChI is InChI=1S/C18H22N2O3/c1-5-23-16-13-9-7-6-8-12(13)15(18(16,2)3)20-11-19-10-14(20)17(21)22-4/h6-11,15-16H,5H2,1-4H3/t15-,16-/m1/s1. The number of carbonyl (C=O) groups is 1. The molecule has 2 atom stereocenters. The SMILES string of the molecule is CCO[C@@H]1c2ccccc2[C@@H](n2cncc2C(=O)OC)C1(C)C. The van der Waals surface area contributed by atoms with Crippen molar-refractivity contribution < 1.29 is 14.3 Å². The van der Waals surface area contributed by atoms with Crippen molar-refractivity contribution in [3.05, 3.63) is 53.6 Å². The zero-order valence-electron chi connectivity index (χ0n) is 13.9. The molecule has 0 amide bonds. The van der Waals surface area contributed by atoms with Crippen molar-refractivity contribution in [3.8, 4) is 0 Å². The molecule has 0 bridgehead atoms. The van der Waals surface area contributed by atoms with Gasteiger partial charge in [0.05, 0.1) is 31.8 Å². The predicted octanol–water partition coefficient (Wildman–Crippen LogP) is 3.38. The highest BCUT2D eigenvalue weighted by Gasteiger charge is 2.49. The van der Waals surface area contributed by atoms with Crippen LogP contribution in [0.2, 0.25) is 0 Å². The van der Waals surface area contributed by atoms with E-state index in [1.165, 1.54) is 18.2 Å². The third-order valence-corrected chi connectivity index (χ3v) is 4.63. The Bertz CT molecular complexity index is 721. The molecule has 0 fully saturated rings. The highest BCUT2D eigenvalue weighted by molar-refractivity contribution is 5.87. The quantitative estimate of drug-likeness (QED) is 0.812. The van der Waals surface area contributed by atoms with Crippen molar-refractivity contribution in [1.82, 2.24) is 9.55 Å². The zero-order chi connectivity index (χ0) is 16.6. The van der Waals surface area contributed by atoms with Crippen LogP contribution in [0.4, 0.5) is 0 Å². The molecule has 23 heavy (non-hydrogen) atoms. The van der Waals surface area contributed by atoms with E-state index in [9.17, 15) is 4.79 Å². The molecule has 3 rings (SSSR count). The monoisotopic (exact) mass is 314 g/mol. The Labute approximate surface area is 136 Å². The average Bonchev–Trinajstić information content (AvgIpc) is 3.08. The lowest BCUT2D eigenvalue weighted by molar-refractivity contribution is -0.0248. The Hall–Kier alpha value is -2.14. The molecule has 0 unspecified atom stereocenters. The van der Waals surface area contributed by atoms with Crippen LogP contribution in [0.15, 0.2) is 36.8 Å². The van der Waals surface area contributed by atoms with E-state index >= 15 is 0 Å². The predicted molar refractivity (Wildman–Crippen MR) is 86.3 cm³/mol. The molecule has 5 heteroatoms. The van der Waals surface area contributed by atoms with Crippen molar-refractivity contribution in [2.24, 2.45) is 5.41 Å². The summed E-state index contributed by atoms with van der Waals surface area (Å²) in [5, 5.41) is 0. The minimum absolute atomic E-state index is 0.0263. The molecule has 0 radical (unpaired) electrons. The highest BCUT2D eigenvalue weighted by Crippen LogP contribution is 2.56. The average molecular weight is 314 g/mol. The summed E-state index contributed by atoms with van der Waals surface area (Å²) in [5.74, 6) is -0.379. The van der Waals surface area contributed by atoms with Crippen LogP contribution in [-0.2, 0) is 9.47 Å². The van der Waals surface area contributed by atoms with Crippen LogP contribution in [0.25, 0.3) is 0 Å². The Kier molecular flexibility index (Phi) is 3.98. The summed E-state index contributed by atoms with van der Waals surface area (Å²) in [6.45, 7) is 6.98. The number of esters is 1. The Balaban J connectivity index is 2.16. The number of fused-ring (bicyclic) bond motifs is 1. The fourth-order valence-electron chi connectivity index (χ4n) is 3.70. The van der Waals surface area contributed by atoms with Crippen molar-refractivity contribution in [3.63, 3.8) is 0 Å². The summed E-state index contributed by atoms with van der Waals surface area (Å²) >= 11 is 0. The molecule has 0 saturated heterocycles. The summed E-state index contributed by atoms with van der Waals surface area (Å²) in [7, 11) is 1.39. The van der Waals surface area contributed by atoms with E-state index in [0.717, 1.165) is 0 Å². The van der Waals surface area contributed by atoms with Gasteiger partial charge in [0.2, 0.25) is 0 Å². The fourth-order valence-corrected chi connectivity index (χ4v) is 3.70. The van der Waals surface area contributed by atoms with Crippen molar-refractivity contribution in [2.45, 2.75) is 32.9 Å². The van der Waals surface area contributed by atoms with E-state index in [1.807, 2.05) is 23.6 Å². The van der Waals surface area contributed by atoms with Crippen LogP contribution in [0.5, 0.6) is 0 Å². The number of ether oxygens (including phenoxy) is 2. The first-order valence-electron chi connectivity index (χ1n) is 7.83. The van der Waals surface area contributed by atoms with E-state index in [-0.39, 0.29) is 23.5 Å². The number of aromatic nitrogens is 2. The lowest BCUT2D eigenvalue weighted by Gasteiger charge is -2.34. The second-order valence-corrected chi connectivity index (χ2v) is 6.37. The summed E-state index contributed by atoms with van der Waals surface area (Å²) < 4.78 is 12.9. The molecule has 0 N–H and O–H groups in total. The van der Waals surface area contributed by atoms with Gasteiger partial charge in [0.1, 0.15) is 5.69 Å². The third-order valence-electron chi connectivity index (χ3n) is 4.63. The lowest BCUT2D eigenvalue weighted by Crippen LogP contribution is -2.30. The van der Waals surface area contributed by atoms with Gasteiger partial charge in [0.15, 0.2) is 0 Å². The van der Waals surface area contributed by atoms with Crippen molar-refractivity contribution >= 4 is 5.97 Å². The van der Waals surface area contributed by atoms with E-state index in [0.29, 0.717) is 12.3 Å². The minimum Gasteiger partial charge on any atom is -0.464 e. The van der Waals surface area contributed by atoms with E-state index < -0.39 is 0 Å². The molecular formula is C18H22N2O3. The van der Waals surface area contributed by atoms with Gasteiger partial charge in [0.25, 0.3) is 0 Å². The number of rotatable bonds is 4.